The summed E-state index contributed by atoms with van der Waals surface area (Å²) in [4.78, 5) is 0. The van der Waals surface area contributed by atoms with Gasteiger partial charge in [0, 0.05) is 12.0 Å². The predicted molar refractivity (Wildman–Crippen MR) is 58.5 cm³/mol. The quantitative estimate of drug-likeness (QED) is 0.736. The summed E-state index contributed by atoms with van der Waals surface area (Å²) in [5.74, 6) is 0.644. The third kappa shape index (κ3) is 2.04. The van der Waals surface area contributed by atoms with Crippen LogP contribution in [-0.4, -0.2) is 6.04 Å². The number of hydrogen-bond donors (Lipinski definition) is 1. The van der Waals surface area contributed by atoms with E-state index in [4.69, 9.17) is 5.73 Å². The number of aryl methyl sites for hydroxylation is 2. The van der Waals surface area contributed by atoms with Gasteiger partial charge in [-0.05, 0) is 31.4 Å². The molecule has 0 aromatic heterocycles. The summed E-state index contributed by atoms with van der Waals surface area (Å²) >= 11 is 0. The van der Waals surface area contributed by atoms with Crippen molar-refractivity contribution in [2.75, 3.05) is 0 Å². The zero-order valence-electron chi connectivity index (χ0n) is 8.08. The molecule has 0 amide bonds. The van der Waals surface area contributed by atoms with Gasteiger partial charge < -0.3 is 5.73 Å². The summed E-state index contributed by atoms with van der Waals surface area (Å²) in [5.41, 5.74) is 9.99. The lowest BCUT2D eigenvalue weighted by atomic mass is 10.0. The Labute approximate surface area is 85.7 Å². The first kappa shape index (κ1) is 10.6. The average Bonchev–Trinajstić information content (AvgIpc) is 2.66. The van der Waals surface area contributed by atoms with Gasteiger partial charge in [-0.15, -0.1) is 12.4 Å². The van der Waals surface area contributed by atoms with E-state index in [1.807, 2.05) is 0 Å². The molecule has 1 aromatic rings. The number of nitrogens with two attached hydrogens (primary N) is 1. The van der Waals surface area contributed by atoms with E-state index in [2.05, 4.69) is 32.0 Å². The average molecular weight is 198 g/mol. The highest BCUT2D eigenvalue weighted by Gasteiger charge is 2.35. The summed E-state index contributed by atoms with van der Waals surface area (Å²) in [5, 5.41) is 0. The van der Waals surface area contributed by atoms with Gasteiger partial charge in [0.25, 0.3) is 0 Å². The molecular weight excluding hydrogens is 182 g/mol. The minimum absolute atomic E-state index is 0. The van der Waals surface area contributed by atoms with Crippen molar-refractivity contribution in [3.05, 3.63) is 34.9 Å². The lowest BCUT2D eigenvalue weighted by Crippen LogP contribution is -2.01. The van der Waals surface area contributed by atoms with Crippen molar-refractivity contribution in [1.29, 1.82) is 0 Å². The van der Waals surface area contributed by atoms with E-state index in [0.717, 1.165) is 0 Å². The summed E-state index contributed by atoms with van der Waals surface area (Å²) in [6.45, 7) is 4.30. The Hall–Kier alpha value is -0.530. The molecule has 0 bridgehead atoms. The maximum absolute atomic E-state index is 5.81. The van der Waals surface area contributed by atoms with E-state index in [9.17, 15) is 0 Å². The molecule has 0 saturated heterocycles. The third-order valence-corrected chi connectivity index (χ3v) is 2.66. The Morgan fingerprint density at radius 3 is 2.38 bits per heavy atom. The molecule has 1 aromatic carbocycles. The number of benzene rings is 1. The minimum atomic E-state index is 0. The van der Waals surface area contributed by atoms with Crippen molar-refractivity contribution in [1.82, 2.24) is 0 Å². The Bertz CT molecular complexity index is 309. The summed E-state index contributed by atoms with van der Waals surface area (Å²) in [6, 6.07) is 7.06. The fourth-order valence-electron chi connectivity index (χ4n) is 1.81. The molecule has 2 N–H and O–H groups in total. The normalized spacial score (nSPS) is 25.2. The van der Waals surface area contributed by atoms with Crippen molar-refractivity contribution in [3.63, 3.8) is 0 Å². The van der Waals surface area contributed by atoms with Crippen molar-refractivity contribution >= 4 is 12.4 Å². The lowest BCUT2D eigenvalue weighted by molar-refractivity contribution is 0.979. The maximum Gasteiger partial charge on any atom is 0.0115 e. The Morgan fingerprint density at radius 1 is 1.31 bits per heavy atom. The Balaban J connectivity index is 0.000000845. The molecule has 2 rings (SSSR count). The van der Waals surface area contributed by atoms with Crippen LogP contribution < -0.4 is 5.73 Å². The maximum atomic E-state index is 5.81. The van der Waals surface area contributed by atoms with E-state index >= 15 is 0 Å². The number of hydrogen-bond acceptors (Lipinski definition) is 1. The first-order chi connectivity index (χ1) is 5.68. The first-order valence-electron chi connectivity index (χ1n) is 4.51. The molecule has 0 spiro atoms. The molecular formula is C11H16ClN. The monoisotopic (exact) mass is 197 g/mol. The topological polar surface area (TPSA) is 26.0 Å². The Morgan fingerprint density at radius 2 is 1.92 bits per heavy atom. The molecule has 0 aliphatic heterocycles. The molecule has 72 valence electrons. The molecule has 2 unspecified atom stereocenters. The van der Waals surface area contributed by atoms with E-state index in [0.29, 0.717) is 12.0 Å². The van der Waals surface area contributed by atoms with Crippen molar-refractivity contribution < 1.29 is 0 Å². The second kappa shape index (κ2) is 3.69. The van der Waals surface area contributed by atoms with Crippen molar-refractivity contribution in [2.45, 2.75) is 32.2 Å². The molecule has 2 heteroatoms. The van der Waals surface area contributed by atoms with Crippen LogP contribution in [0.25, 0.3) is 0 Å². The van der Waals surface area contributed by atoms with Gasteiger partial charge in [0.05, 0.1) is 0 Å². The van der Waals surface area contributed by atoms with Crippen LogP contribution >= 0.6 is 12.4 Å². The smallest absolute Gasteiger partial charge is 0.0115 e. The van der Waals surface area contributed by atoms with Gasteiger partial charge >= 0.3 is 0 Å². The highest BCUT2D eigenvalue weighted by Crippen LogP contribution is 2.40. The summed E-state index contributed by atoms with van der Waals surface area (Å²) in [7, 11) is 0. The van der Waals surface area contributed by atoms with Crippen LogP contribution in [0, 0.1) is 13.8 Å². The van der Waals surface area contributed by atoms with E-state index in [1.54, 1.807) is 0 Å². The van der Waals surface area contributed by atoms with Gasteiger partial charge in [0.15, 0.2) is 0 Å². The van der Waals surface area contributed by atoms with E-state index < -0.39 is 0 Å². The van der Waals surface area contributed by atoms with Crippen LogP contribution in [0.4, 0.5) is 0 Å². The molecule has 1 aliphatic rings. The fourth-order valence-corrected chi connectivity index (χ4v) is 1.81. The van der Waals surface area contributed by atoms with Crippen LogP contribution in [0.5, 0.6) is 0 Å². The van der Waals surface area contributed by atoms with Crippen molar-refractivity contribution in [2.24, 2.45) is 5.73 Å². The highest BCUT2D eigenvalue weighted by molar-refractivity contribution is 5.85. The van der Waals surface area contributed by atoms with Crippen LogP contribution in [0.15, 0.2) is 18.2 Å². The minimum Gasteiger partial charge on any atom is -0.327 e. The van der Waals surface area contributed by atoms with Gasteiger partial charge in [-0.25, -0.2) is 0 Å². The largest absolute Gasteiger partial charge is 0.327 e. The standard InChI is InChI=1S/C11H15N.ClH/c1-7-3-4-9(8(2)5-7)10-6-11(10)12;/h3-5,10-11H,6,12H2,1-2H3;1H. The molecule has 1 aliphatic carbocycles. The van der Waals surface area contributed by atoms with Crippen LogP contribution in [0.1, 0.15) is 29.0 Å². The molecule has 2 atom stereocenters. The van der Waals surface area contributed by atoms with Crippen LogP contribution in [0.2, 0.25) is 0 Å². The zero-order valence-corrected chi connectivity index (χ0v) is 8.90. The zero-order chi connectivity index (χ0) is 8.72. The fraction of sp³-hybridized carbons (Fsp3) is 0.455. The summed E-state index contributed by atoms with van der Waals surface area (Å²) < 4.78 is 0. The molecule has 0 heterocycles. The lowest BCUT2D eigenvalue weighted by Gasteiger charge is -2.04. The predicted octanol–water partition coefficient (Wildman–Crippen LogP) is 2.54. The number of halogens is 1. The highest BCUT2D eigenvalue weighted by atomic mass is 35.5. The van der Waals surface area contributed by atoms with Gasteiger partial charge in [0.2, 0.25) is 0 Å². The SMILES string of the molecule is Cc1ccc(C2CC2N)c(C)c1.Cl. The van der Waals surface area contributed by atoms with Crippen molar-refractivity contribution in [3.8, 4) is 0 Å². The van der Waals surface area contributed by atoms with Gasteiger partial charge in [-0.3, -0.25) is 0 Å². The molecule has 1 saturated carbocycles. The molecule has 1 nitrogen and oxygen atoms in total. The van der Waals surface area contributed by atoms with Crippen LogP contribution in [-0.2, 0) is 0 Å². The van der Waals surface area contributed by atoms with Gasteiger partial charge in [-0.1, -0.05) is 23.8 Å². The second-order valence-corrected chi connectivity index (χ2v) is 3.87. The molecule has 13 heavy (non-hydrogen) atoms. The third-order valence-electron chi connectivity index (χ3n) is 2.66. The second-order valence-electron chi connectivity index (χ2n) is 3.87. The molecule has 1 fully saturated rings. The van der Waals surface area contributed by atoms with Crippen LogP contribution in [0.3, 0.4) is 0 Å². The first-order valence-corrected chi connectivity index (χ1v) is 4.51. The summed E-state index contributed by atoms with van der Waals surface area (Å²) in [6.07, 6.45) is 1.17. The number of rotatable bonds is 1. The van der Waals surface area contributed by atoms with Gasteiger partial charge in [0.1, 0.15) is 0 Å². The van der Waals surface area contributed by atoms with E-state index in [-0.39, 0.29) is 12.4 Å². The van der Waals surface area contributed by atoms with Gasteiger partial charge in [-0.2, -0.15) is 0 Å². The Kier molecular flexibility index (Phi) is 2.99. The van der Waals surface area contributed by atoms with E-state index in [1.165, 1.54) is 23.1 Å². The molecule has 0 radical (unpaired) electrons.